The number of aryl methyl sites for hydroxylation is 1. The summed E-state index contributed by atoms with van der Waals surface area (Å²) in [6, 6.07) is 2.62. The van der Waals surface area contributed by atoms with Crippen molar-refractivity contribution in [1.82, 2.24) is 0 Å². The second kappa shape index (κ2) is 6.39. The molecule has 1 aromatic heterocycles. The number of carbonyl (C=O) groups is 2. The van der Waals surface area contributed by atoms with Gasteiger partial charge >= 0.3 is 11.9 Å². The van der Waals surface area contributed by atoms with Gasteiger partial charge in [-0.25, -0.2) is 9.59 Å². The highest BCUT2D eigenvalue weighted by Crippen LogP contribution is 2.30. The van der Waals surface area contributed by atoms with Crippen molar-refractivity contribution in [2.75, 3.05) is 13.2 Å². The number of rotatable bonds is 6. The summed E-state index contributed by atoms with van der Waals surface area (Å²) in [5.41, 5.74) is 0.146. The molecular formula is C15H14O8. The van der Waals surface area contributed by atoms with Crippen molar-refractivity contribution in [2.24, 2.45) is 0 Å². The molecule has 2 N–H and O–H groups in total. The molecule has 0 aliphatic carbocycles. The first-order valence-electron chi connectivity index (χ1n) is 6.57. The zero-order valence-corrected chi connectivity index (χ0v) is 12.4. The topological polar surface area (TPSA) is 123 Å². The molecule has 0 bridgehead atoms. The lowest BCUT2D eigenvalue weighted by molar-refractivity contribution is -0.140. The Bertz CT molecular complexity index is 833. The van der Waals surface area contributed by atoms with Crippen LogP contribution in [-0.2, 0) is 9.59 Å². The normalized spacial score (nSPS) is 10.5. The monoisotopic (exact) mass is 322 g/mol. The van der Waals surface area contributed by atoms with Gasteiger partial charge in [-0.3, -0.25) is 4.79 Å². The highest BCUT2D eigenvalue weighted by atomic mass is 16.5. The summed E-state index contributed by atoms with van der Waals surface area (Å²) < 4.78 is 15.7. The van der Waals surface area contributed by atoms with E-state index in [0.29, 0.717) is 11.3 Å². The minimum atomic E-state index is -1.22. The molecule has 122 valence electrons. The largest absolute Gasteiger partial charge is 0.482 e. The quantitative estimate of drug-likeness (QED) is 0.816. The van der Waals surface area contributed by atoms with Crippen molar-refractivity contribution in [3.05, 3.63) is 33.7 Å². The summed E-state index contributed by atoms with van der Waals surface area (Å²) in [7, 11) is 0. The Morgan fingerprint density at radius 2 is 1.70 bits per heavy atom. The van der Waals surface area contributed by atoms with E-state index in [1.807, 2.05) is 0 Å². The van der Waals surface area contributed by atoms with Gasteiger partial charge in [0.2, 0.25) is 0 Å². The SMILES string of the molecule is Cc1oc2cc(OCC(=O)O)cc(OCC(=O)O)c2c(=O)c1C. The van der Waals surface area contributed by atoms with Gasteiger partial charge in [-0.1, -0.05) is 0 Å². The first-order chi connectivity index (χ1) is 10.8. The number of carboxylic acid groups (broad SMARTS) is 2. The van der Waals surface area contributed by atoms with Crippen molar-refractivity contribution in [2.45, 2.75) is 13.8 Å². The van der Waals surface area contributed by atoms with Crippen molar-refractivity contribution in [1.29, 1.82) is 0 Å². The molecule has 23 heavy (non-hydrogen) atoms. The fourth-order valence-electron chi connectivity index (χ4n) is 1.94. The van der Waals surface area contributed by atoms with E-state index in [1.54, 1.807) is 13.8 Å². The fraction of sp³-hybridized carbons (Fsp3) is 0.267. The van der Waals surface area contributed by atoms with Gasteiger partial charge in [0, 0.05) is 17.7 Å². The van der Waals surface area contributed by atoms with E-state index in [-0.39, 0.29) is 27.9 Å². The zero-order chi connectivity index (χ0) is 17.1. The van der Waals surface area contributed by atoms with Crippen LogP contribution in [0, 0.1) is 13.8 Å². The minimum absolute atomic E-state index is 0.0397. The first-order valence-corrected chi connectivity index (χ1v) is 6.57. The molecule has 0 aliphatic rings. The molecule has 0 atom stereocenters. The van der Waals surface area contributed by atoms with Crippen LogP contribution in [-0.4, -0.2) is 35.4 Å². The average molecular weight is 322 g/mol. The molecule has 0 radical (unpaired) electrons. The van der Waals surface area contributed by atoms with Gasteiger partial charge in [0.05, 0.1) is 0 Å². The van der Waals surface area contributed by atoms with Crippen molar-refractivity contribution >= 4 is 22.9 Å². The predicted molar refractivity (Wildman–Crippen MR) is 78.2 cm³/mol. The maximum atomic E-state index is 12.4. The van der Waals surface area contributed by atoms with E-state index in [1.165, 1.54) is 12.1 Å². The highest BCUT2D eigenvalue weighted by Gasteiger charge is 2.16. The second-order valence-electron chi connectivity index (χ2n) is 4.77. The standard InChI is InChI=1S/C15H14O8/c1-7-8(2)23-11-4-9(21-5-12(16)17)3-10(14(11)15(7)20)22-6-13(18)19/h3-4H,5-6H2,1-2H3,(H,16,17)(H,18,19). The molecule has 0 saturated heterocycles. The number of hydrogen-bond donors (Lipinski definition) is 2. The number of hydrogen-bond acceptors (Lipinski definition) is 6. The highest BCUT2D eigenvalue weighted by molar-refractivity contribution is 5.86. The van der Waals surface area contributed by atoms with Gasteiger partial charge in [-0.15, -0.1) is 0 Å². The third kappa shape index (κ3) is 3.60. The maximum Gasteiger partial charge on any atom is 0.341 e. The average Bonchev–Trinajstić information content (AvgIpc) is 2.48. The van der Waals surface area contributed by atoms with Crippen LogP contribution in [0.4, 0.5) is 0 Å². The Morgan fingerprint density at radius 3 is 2.30 bits per heavy atom. The van der Waals surface area contributed by atoms with Crippen LogP contribution in [0.3, 0.4) is 0 Å². The Balaban J connectivity index is 2.60. The molecule has 8 heteroatoms. The number of carboxylic acids is 2. The fourth-order valence-corrected chi connectivity index (χ4v) is 1.94. The summed E-state index contributed by atoms with van der Waals surface area (Å²) >= 11 is 0. The van der Waals surface area contributed by atoms with Gasteiger partial charge in [0.15, 0.2) is 18.6 Å². The summed E-state index contributed by atoms with van der Waals surface area (Å²) in [4.78, 5) is 33.6. The Morgan fingerprint density at radius 1 is 1.09 bits per heavy atom. The lowest BCUT2D eigenvalue weighted by atomic mass is 10.1. The molecule has 1 aromatic carbocycles. The third-order valence-electron chi connectivity index (χ3n) is 3.11. The minimum Gasteiger partial charge on any atom is -0.482 e. The first kappa shape index (κ1) is 16.3. The maximum absolute atomic E-state index is 12.4. The number of aliphatic carboxylic acids is 2. The van der Waals surface area contributed by atoms with Crippen molar-refractivity contribution in [3.8, 4) is 11.5 Å². The summed E-state index contributed by atoms with van der Waals surface area (Å²) in [6.45, 7) is 1.93. The van der Waals surface area contributed by atoms with E-state index in [9.17, 15) is 14.4 Å². The zero-order valence-electron chi connectivity index (χ0n) is 12.4. The number of benzene rings is 1. The molecule has 0 amide bonds. The van der Waals surface area contributed by atoms with Gasteiger partial charge in [0.25, 0.3) is 0 Å². The van der Waals surface area contributed by atoms with Gasteiger partial charge in [0.1, 0.15) is 28.2 Å². The Labute approximate surface area is 129 Å². The van der Waals surface area contributed by atoms with Crippen LogP contribution in [0.2, 0.25) is 0 Å². The number of fused-ring (bicyclic) bond motifs is 1. The van der Waals surface area contributed by atoms with Crippen LogP contribution in [0.15, 0.2) is 21.3 Å². The van der Waals surface area contributed by atoms with E-state index in [4.69, 9.17) is 24.1 Å². The van der Waals surface area contributed by atoms with E-state index >= 15 is 0 Å². The lowest BCUT2D eigenvalue weighted by Crippen LogP contribution is -2.14. The molecule has 2 aromatic rings. The molecule has 0 spiro atoms. The predicted octanol–water partition coefficient (Wildman–Crippen LogP) is 1.34. The second-order valence-corrected chi connectivity index (χ2v) is 4.77. The van der Waals surface area contributed by atoms with Gasteiger partial charge in [-0.2, -0.15) is 0 Å². The van der Waals surface area contributed by atoms with Gasteiger partial charge < -0.3 is 24.1 Å². The Kier molecular flexibility index (Phi) is 4.54. The third-order valence-corrected chi connectivity index (χ3v) is 3.11. The molecule has 2 rings (SSSR count). The molecule has 8 nitrogen and oxygen atoms in total. The summed E-state index contributed by atoms with van der Waals surface area (Å²) in [5, 5.41) is 17.5. The van der Waals surface area contributed by atoms with Crippen LogP contribution >= 0.6 is 0 Å². The van der Waals surface area contributed by atoms with E-state index in [0.717, 1.165) is 0 Å². The lowest BCUT2D eigenvalue weighted by Gasteiger charge is -2.11. The smallest absolute Gasteiger partial charge is 0.341 e. The van der Waals surface area contributed by atoms with Crippen LogP contribution in [0.25, 0.3) is 11.0 Å². The molecule has 0 fully saturated rings. The van der Waals surface area contributed by atoms with Crippen LogP contribution in [0.1, 0.15) is 11.3 Å². The van der Waals surface area contributed by atoms with Gasteiger partial charge in [-0.05, 0) is 13.8 Å². The molecule has 0 aliphatic heterocycles. The molecule has 0 unspecified atom stereocenters. The van der Waals surface area contributed by atoms with Crippen molar-refractivity contribution < 1.29 is 33.7 Å². The van der Waals surface area contributed by atoms with Crippen LogP contribution in [0.5, 0.6) is 11.5 Å². The summed E-state index contributed by atoms with van der Waals surface area (Å²) in [5.74, 6) is -1.96. The molecule has 1 heterocycles. The molecule has 0 saturated carbocycles. The Hall–Kier alpha value is -3.03. The number of ether oxygens (including phenoxy) is 2. The van der Waals surface area contributed by atoms with Crippen molar-refractivity contribution in [3.63, 3.8) is 0 Å². The van der Waals surface area contributed by atoms with E-state index < -0.39 is 25.2 Å². The molecular weight excluding hydrogens is 308 g/mol. The van der Waals surface area contributed by atoms with E-state index in [2.05, 4.69) is 0 Å². The summed E-state index contributed by atoms with van der Waals surface area (Å²) in [6.07, 6.45) is 0. The van der Waals surface area contributed by atoms with Crippen LogP contribution < -0.4 is 14.9 Å².